The Kier molecular flexibility index (Phi) is 4.59. The molecule has 4 N–H and O–H groups in total. The minimum Gasteiger partial charge on any atom is -0.480 e. The van der Waals surface area contributed by atoms with E-state index in [-0.39, 0.29) is 6.79 Å². The van der Waals surface area contributed by atoms with Gasteiger partial charge in [-0.1, -0.05) is 6.07 Å². The lowest BCUT2D eigenvalue weighted by Gasteiger charge is -2.08. The highest BCUT2D eigenvalue weighted by molar-refractivity contribution is 5.72. The first-order valence-electron chi connectivity index (χ1n) is 6.24. The number of ether oxygens (including phenoxy) is 2. The van der Waals surface area contributed by atoms with Gasteiger partial charge in [-0.3, -0.25) is 4.79 Å². The Labute approximate surface area is 111 Å². The molecule has 6 nitrogen and oxygen atoms in total. The number of fused-ring (bicyclic) bond motifs is 1. The molecule has 0 saturated heterocycles. The number of benzene rings is 1. The van der Waals surface area contributed by atoms with Gasteiger partial charge < -0.3 is 25.6 Å². The van der Waals surface area contributed by atoms with E-state index in [1.165, 1.54) is 0 Å². The molecule has 0 spiro atoms. The summed E-state index contributed by atoms with van der Waals surface area (Å²) in [6, 6.07) is 5.07. The molecule has 0 bridgehead atoms. The second-order valence-electron chi connectivity index (χ2n) is 4.42. The Hall–Kier alpha value is -1.79. The first-order valence-corrected chi connectivity index (χ1v) is 6.24. The van der Waals surface area contributed by atoms with Gasteiger partial charge in [0.2, 0.25) is 6.79 Å². The maximum atomic E-state index is 10.5. The van der Waals surface area contributed by atoms with E-state index in [4.69, 9.17) is 20.3 Å². The van der Waals surface area contributed by atoms with Crippen LogP contribution in [0.15, 0.2) is 18.2 Å². The smallest absolute Gasteiger partial charge is 0.320 e. The van der Waals surface area contributed by atoms with Crippen LogP contribution in [0.25, 0.3) is 0 Å². The van der Waals surface area contributed by atoms with E-state index in [1.807, 2.05) is 18.2 Å². The zero-order chi connectivity index (χ0) is 13.7. The van der Waals surface area contributed by atoms with Gasteiger partial charge in [-0.2, -0.15) is 0 Å². The fourth-order valence-electron chi connectivity index (χ4n) is 1.84. The molecule has 1 aliphatic heterocycles. The van der Waals surface area contributed by atoms with Gasteiger partial charge in [0.1, 0.15) is 6.04 Å². The van der Waals surface area contributed by atoms with Crippen LogP contribution in [-0.2, 0) is 11.2 Å². The third-order valence-electron chi connectivity index (χ3n) is 2.98. The topological polar surface area (TPSA) is 93.8 Å². The van der Waals surface area contributed by atoms with Crippen LogP contribution in [-0.4, -0.2) is 37.0 Å². The number of hydrogen-bond donors (Lipinski definition) is 3. The standard InChI is InChI=1S/C13H18N2O4/c14-10(13(16)17)4-6-15-5-3-9-1-2-11-12(7-9)19-8-18-11/h1-2,7,10,15H,3-6,8,14H2,(H,16,17). The summed E-state index contributed by atoms with van der Waals surface area (Å²) in [7, 11) is 0. The number of nitrogens with one attached hydrogen (secondary N) is 1. The lowest BCUT2D eigenvalue weighted by molar-refractivity contribution is -0.138. The third kappa shape index (κ3) is 3.84. The largest absolute Gasteiger partial charge is 0.480 e. The molecule has 0 aliphatic carbocycles. The summed E-state index contributed by atoms with van der Waals surface area (Å²) in [5, 5.41) is 11.8. The van der Waals surface area contributed by atoms with Crippen molar-refractivity contribution in [2.45, 2.75) is 18.9 Å². The van der Waals surface area contributed by atoms with Crippen molar-refractivity contribution in [2.24, 2.45) is 5.73 Å². The summed E-state index contributed by atoms with van der Waals surface area (Å²) in [5.74, 6) is 0.604. The van der Waals surface area contributed by atoms with Gasteiger partial charge >= 0.3 is 5.97 Å². The van der Waals surface area contributed by atoms with Gasteiger partial charge in [-0.05, 0) is 43.6 Å². The maximum absolute atomic E-state index is 10.5. The van der Waals surface area contributed by atoms with Crippen LogP contribution < -0.4 is 20.5 Å². The van der Waals surface area contributed by atoms with E-state index < -0.39 is 12.0 Å². The molecule has 1 atom stereocenters. The van der Waals surface area contributed by atoms with E-state index in [2.05, 4.69) is 5.32 Å². The lowest BCUT2D eigenvalue weighted by atomic mass is 10.1. The van der Waals surface area contributed by atoms with Crippen molar-refractivity contribution in [3.8, 4) is 11.5 Å². The number of nitrogens with two attached hydrogens (primary N) is 1. The molecule has 0 saturated carbocycles. The molecule has 1 aromatic rings. The molecule has 0 fully saturated rings. The molecule has 0 amide bonds. The van der Waals surface area contributed by atoms with E-state index in [1.54, 1.807) is 0 Å². The minimum absolute atomic E-state index is 0.282. The molecule has 1 aliphatic rings. The highest BCUT2D eigenvalue weighted by Gasteiger charge is 2.13. The Bertz CT molecular complexity index is 450. The van der Waals surface area contributed by atoms with Gasteiger partial charge in [-0.25, -0.2) is 0 Å². The number of carbonyl (C=O) groups is 1. The normalized spacial score (nSPS) is 14.4. The molecule has 1 aromatic carbocycles. The molecule has 2 rings (SSSR count). The molecule has 1 unspecified atom stereocenters. The van der Waals surface area contributed by atoms with Crippen LogP contribution in [0.1, 0.15) is 12.0 Å². The van der Waals surface area contributed by atoms with Gasteiger partial charge in [0.25, 0.3) is 0 Å². The number of carboxylic acid groups (broad SMARTS) is 1. The average molecular weight is 266 g/mol. The van der Waals surface area contributed by atoms with Crippen molar-refractivity contribution in [1.29, 1.82) is 0 Å². The molecule has 1 heterocycles. The first kappa shape index (κ1) is 13.6. The maximum Gasteiger partial charge on any atom is 0.320 e. The molecule has 0 radical (unpaired) electrons. The van der Waals surface area contributed by atoms with Crippen molar-refractivity contribution >= 4 is 5.97 Å². The molecular weight excluding hydrogens is 248 g/mol. The zero-order valence-corrected chi connectivity index (χ0v) is 10.6. The third-order valence-corrected chi connectivity index (χ3v) is 2.98. The minimum atomic E-state index is -0.961. The number of rotatable bonds is 7. The van der Waals surface area contributed by atoms with Crippen molar-refractivity contribution in [2.75, 3.05) is 19.9 Å². The van der Waals surface area contributed by atoms with Gasteiger partial charge in [0.05, 0.1) is 0 Å². The van der Waals surface area contributed by atoms with E-state index >= 15 is 0 Å². The number of carboxylic acids is 1. The summed E-state index contributed by atoms with van der Waals surface area (Å²) in [6.07, 6.45) is 1.27. The molecule has 19 heavy (non-hydrogen) atoms. The van der Waals surface area contributed by atoms with Crippen molar-refractivity contribution < 1.29 is 19.4 Å². The molecule has 6 heteroatoms. The van der Waals surface area contributed by atoms with Gasteiger partial charge in [-0.15, -0.1) is 0 Å². The van der Waals surface area contributed by atoms with Crippen LogP contribution in [0.5, 0.6) is 11.5 Å². The van der Waals surface area contributed by atoms with Crippen molar-refractivity contribution in [3.05, 3.63) is 23.8 Å². The van der Waals surface area contributed by atoms with E-state index in [0.717, 1.165) is 30.0 Å². The van der Waals surface area contributed by atoms with Crippen LogP contribution in [0, 0.1) is 0 Å². The Morgan fingerprint density at radius 2 is 2.16 bits per heavy atom. The second-order valence-corrected chi connectivity index (χ2v) is 4.42. The van der Waals surface area contributed by atoms with Crippen LogP contribution in [0.3, 0.4) is 0 Å². The van der Waals surface area contributed by atoms with Crippen LogP contribution in [0.4, 0.5) is 0 Å². The fraction of sp³-hybridized carbons (Fsp3) is 0.462. The fourth-order valence-corrected chi connectivity index (χ4v) is 1.84. The van der Waals surface area contributed by atoms with E-state index in [9.17, 15) is 4.79 Å². The molecule has 0 aromatic heterocycles. The zero-order valence-electron chi connectivity index (χ0n) is 10.6. The predicted molar refractivity (Wildman–Crippen MR) is 69.4 cm³/mol. The summed E-state index contributed by atoms with van der Waals surface area (Å²) in [4.78, 5) is 10.5. The summed E-state index contributed by atoms with van der Waals surface area (Å²) < 4.78 is 10.5. The summed E-state index contributed by atoms with van der Waals surface area (Å²) >= 11 is 0. The van der Waals surface area contributed by atoms with Crippen molar-refractivity contribution in [3.63, 3.8) is 0 Å². The average Bonchev–Trinajstić information content (AvgIpc) is 2.85. The monoisotopic (exact) mass is 266 g/mol. The first-order chi connectivity index (χ1) is 9.16. The second kappa shape index (κ2) is 6.40. The molecule has 104 valence electrons. The molecular formula is C13H18N2O4. The van der Waals surface area contributed by atoms with E-state index in [0.29, 0.717) is 13.0 Å². The predicted octanol–water partition coefficient (Wildman–Crippen LogP) is 0.349. The van der Waals surface area contributed by atoms with Crippen LogP contribution >= 0.6 is 0 Å². The lowest BCUT2D eigenvalue weighted by Crippen LogP contribution is -2.34. The summed E-state index contributed by atoms with van der Waals surface area (Å²) in [5.41, 5.74) is 6.55. The van der Waals surface area contributed by atoms with Crippen LogP contribution in [0.2, 0.25) is 0 Å². The Morgan fingerprint density at radius 3 is 2.95 bits per heavy atom. The SMILES string of the molecule is NC(CCNCCc1ccc2c(c1)OCO2)C(=O)O. The Morgan fingerprint density at radius 1 is 1.37 bits per heavy atom. The quantitative estimate of drug-likeness (QED) is 0.617. The highest BCUT2D eigenvalue weighted by Crippen LogP contribution is 2.32. The van der Waals surface area contributed by atoms with Gasteiger partial charge in [0.15, 0.2) is 11.5 Å². The highest BCUT2D eigenvalue weighted by atomic mass is 16.7. The summed E-state index contributed by atoms with van der Waals surface area (Å²) in [6.45, 7) is 1.65. The van der Waals surface area contributed by atoms with Gasteiger partial charge in [0, 0.05) is 0 Å². The number of aliphatic carboxylic acids is 1. The number of hydrogen-bond acceptors (Lipinski definition) is 5. The Balaban J connectivity index is 1.67. The van der Waals surface area contributed by atoms with Crippen molar-refractivity contribution in [1.82, 2.24) is 5.32 Å².